The molecule has 0 amide bonds. The molecule has 0 spiro atoms. The van der Waals surface area contributed by atoms with Crippen LogP contribution >= 0.6 is 0 Å². The van der Waals surface area contributed by atoms with Crippen molar-refractivity contribution in [3.8, 4) is 0 Å². The van der Waals surface area contributed by atoms with E-state index in [2.05, 4.69) is 49.5 Å². The molecule has 3 nitrogen and oxygen atoms in total. The summed E-state index contributed by atoms with van der Waals surface area (Å²) in [5, 5.41) is 3.44. The van der Waals surface area contributed by atoms with Crippen molar-refractivity contribution in [3.63, 3.8) is 0 Å². The lowest BCUT2D eigenvalue weighted by Gasteiger charge is -2.23. The molecule has 92 valence electrons. The molecule has 0 aliphatic rings. The number of aromatic nitrogens is 2. The lowest BCUT2D eigenvalue weighted by atomic mass is 9.90. The van der Waals surface area contributed by atoms with Crippen LogP contribution < -0.4 is 5.32 Å². The zero-order valence-corrected chi connectivity index (χ0v) is 11.2. The summed E-state index contributed by atoms with van der Waals surface area (Å²) in [4.78, 5) is 4.36. The molecule has 0 fully saturated rings. The SMILES string of the molecule is CCC(C)(C)CNc1nccn1CC(C)C. The lowest BCUT2D eigenvalue weighted by Crippen LogP contribution is -2.23. The fourth-order valence-corrected chi connectivity index (χ4v) is 1.46. The third kappa shape index (κ3) is 3.87. The Kier molecular flexibility index (Phi) is 4.39. The molecule has 0 atom stereocenters. The van der Waals surface area contributed by atoms with Crippen molar-refractivity contribution in [3.05, 3.63) is 12.4 Å². The molecule has 0 bridgehead atoms. The molecule has 1 N–H and O–H groups in total. The van der Waals surface area contributed by atoms with Crippen LogP contribution in [0.15, 0.2) is 12.4 Å². The first kappa shape index (κ1) is 13.1. The molecule has 0 aliphatic heterocycles. The Morgan fingerprint density at radius 1 is 1.44 bits per heavy atom. The van der Waals surface area contributed by atoms with E-state index >= 15 is 0 Å². The number of rotatable bonds is 6. The summed E-state index contributed by atoms with van der Waals surface area (Å²) in [6, 6.07) is 0. The normalized spacial score (nSPS) is 12.1. The van der Waals surface area contributed by atoms with Gasteiger partial charge in [-0.3, -0.25) is 0 Å². The summed E-state index contributed by atoms with van der Waals surface area (Å²) in [6.45, 7) is 13.2. The largest absolute Gasteiger partial charge is 0.355 e. The molecule has 1 aromatic rings. The van der Waals surface area contributed by atoms with Crippen molar-refractivity contribution < 1.29 is 0 Å². The Balaban J connectivity index is 2.57. The minimum Gasteiger partial charge on any atom is -0.355 e. The molecule has 3 heteroatoms. The van der Waals surface area contributed by atoms with Crippen LogP contribution in [0, 0.1) is 11.3 Å². The summed E-state index contributed by atoms with van der Waals surface area (Å²) in [5.74, 6) is 1.64. The average molecular weight is 223 g/mol. The van der Waals surface area contributed by atoms with Crippen LogP contribution in [0.1, 0.15) is 41.0 Å². The second kappa shape index (κ2) is 5.37. The van der Waals surface area contributed by atoms with Crippen LogP contribution in [0.3, 0.4) is 0 Å². The Bertz CT molecular complexity index is 313. The Labute approximate surface area is 99.3 Å². The van der Waals surface area contributed by atoms with Gasteiger partial charge >= 0.3 is 0 Å². The van der Waals surface area contributed by atoms with Crippen molar-refractivity contribution >= 4 is 5.95 Å². The van der Waals surface area contributed by atoms with E-state index in [0.717, 1.165) is 19.0 Å². The van der Waals surface area contributed by atoms with Crippen LogP contribution in [0.5, 0.6) is 0 Å². The molecule has 1 aromatic heterocycles. The molecule has 0 aromatic carbocycles. The summed E-state index contributed by atoms with van der Waals surface area (Å²) in [7, 11) is 0. The average Bonchev–Trinajstić information content (AvgIpc) is 2.62. The van der Waals surface area contributed by atoms with Crippen molar-refractivity contribution in [1.29, 1.82) is 0 Å². The maximum Gasteiger partial charge on any atom is 0.202 e. The lowest BCUT2D eigenvalue weighted by molar-refractivity contribution is 0.375. The van der Waals surface area contributed by atoms with Gasteiger partial charge in [-0.2, -0.15) is 0 Å². The monoisotopic (exact) mass is 223 g/mol. The van der Waals surface area contributed by atoms with E-state index in [1.807, 2.05) is 12.4 Å². The highest BCUT2D eigenvalue weighted by Gasteiger charge is 2.15. The zero-order chi connectivity index (χ0) is 12.2. The summed E-state index contributed by atoms with van der Waals surface area (Å²) in [6.07, 6.45) is 5.08. The number of hydrogen-bond acceptors (Lipinski definition) is 2. The van der Waals surface area contributed by atoms with Crippen molar-refractivity contribution in [1.82, 2.24) is 9.55 Å². The highest BCUT2D eigenvalue weighted by Crippen LogP contribution is 2.20. The molecule has 1 heterocycles. The third-order valence-electron chi connectivity index (χ3n) is 2.96. The number of imidazole rings is 1. The van der Waals surface area contributed by atoms with Gasteiger partial charge in [0, 0.05) is 25.5 Å². The first-order valence-electron chi connectivity index (χ1n) is 6.19. The van der Waals surface area contributed by atoms with Gasteiger partial charge in [-0.1, -0.05) is 34.6 Å². The number of anilines is 1. The fourth-order valence-electron chi connectivity index (χ4n) is 1.46. The number of nitrogens with zero attached hydrogens (tertiary/aromatic N) is 2. The predicted molar refractivity (Wildman–Crippen MR) is 69.6 cm³/mol. The molecule has 0 saturated carbocycles. The smallest absolute Gasteiger partial charge is 0.202 e. The van der Waals surface area contributed by atoms with E-state index in [0.29, 0.717) is 11.3 Å². The molecule has 0 saturated heterocycles. The van der Waals surface area contributed by atoms with E-state index < -0.39 is 0 Å². The van der Waals surface area contributed by atoms with E-state index in [1.165, 1.54) is 6.42 Å². The maximum absolute atomic E-state index is 4.36. The van der Waals surface area contributed by atoms with Gasteiger partial charge in [-0.15, -0.1) is 0 Å². The van der Waals surface area contributed by atoms with Gasteiger partial charge in [-0.05, 0) is 17.8 Å². The topological polar surface area (TPSA) is 29.9 Å². The molecule has 0 radical (unpaired) electrons. The summed E-state index contributed by atoms with van der Waals surface area (Å²) in [5.41, 5.74) is 0.328. The van der Waals surface area contributed by atoms with E-state index in [1.54, 1.807) is 0 Å². The van der Waals surface area contributed by atoms with Crippen LogP contribution in [0.25, 0.3) is 0 Å². The predicted octanol–water partition coefficient (Wildman–Crippen LogP) is 3.39. The zero-order valence-electron chi connectivity index (χ0n) is 11.2. The van der Waals surface area contributed by atoms with Crippen molar-refractivity contribution in [2.24, 2.45) is 11.3 Å². The number of nitrogens with one attached hydrogen (secondary N) is 1. The Hall–Kier alpha value is -0.990. The quantitative estimate of drug-likeness (QED) is 0.801. The van der Waals surface area contributed by atoms with Gasteiger partial charge in [0.05, 0.1) is 0 Å². The standard InChI is InChI=1S/C13H25N3/c1-6-13(4,5)10-15-12-14-7-8-16(12)9-11(2)3/h7-8,11H,6,9-10H2,1-5H3,(H,14,15). The van der Waals surface area contributed by atoms with Gasteiger partial charge in [-0.25, -0.2) is 4.98 Å². The van der Waals surface area contributed by atoms with Crippen LogP contribution in [0.2, 0.25) is 0 Å². The van der Waals surface area contributed by atoms with Crippen LogP contribution in [-0.4, -0.2) is 16.1 Å². The molecular weight excluding hydrogens is 198 g/mol. The fraction of sp³-hybridized carbons (Fsp3) is 0.769. The minimum absolute atomic E-state index is 0.328. The van der Waals surface area contributed by atoms with Crippen LogP contribution in [-0.2, 0) is 6.54 Å². The molecule has 16 heavy (non-hydrogen) atoms. The van der Waals surface area contributed by atoms with Crippen molar-refractivity contribution in [2.75, 3.05) is 11.9 Å². The second-order valence-electron chi connectivity index (χ2n) is 5.67. The van der Waals surface area contributed by atoms with Crippen LogP contribution in [0.4, 0.5) is 5.95 Å². The highest BCUT2D eigenvalue weighted by molar-refractivity contribution is 5.26. The third-order valence-corrected chi connectivity index (χ3v) is 2.96. The first-order valence-corrected chi connectivity index (χ1v) is 6.19. The Morgan fingerprint density at radius 2 is 2.12 bits per heavy atom. The van der Waals surface area contributed by atoms with E-state index in [-0.39, 0.29) is 0 Å². The molecular formula is C13H25N3. The van der Waals surface area contributed by atoms with Gasteiger partial charge < -0.3 is 9.88 Å². The minimum atomic E-state index is 0.328. The number of hydrogen-bond donors (Lipinski definition) is 1. The molecule has 1 rings (SSSR count). The molecule has 0 aliphatic carbocycles. The van der Waals surface area contributed by atoms with Gasteiger partial charge in [0.2, 0.25) is 5.95 Å². The maximum atomic E-state index is 4.36. The highest BCUT2D eigenvalue weighted by atomic mass is 15.2. The second-order valence-corrected chi connectivity index (χ2v) is 5.67. The van der Waals surface area contributed by atoms with Gasteiger partial charge in [0.15, 0.2) is 0 Å². The first-order chi connectivity index (χ1) is 7.44. The van der Waals surface area contributed by atoms with E-state index in [4.69, 9.17) is 0 Å². The molecule has 0 unspecified atom stereocenters. The van der Waals surface area contributed by atoms with E-state index in [9.17, 15) is 0 Å². The Morgan fingerprint density at radius 3 is 2.69 bits per heavy atom. The van der Waals surface area contributed by atoms with Gasteiger partial charge in [0.25, 0.3) is 0 Å². The summed E-state index contributed by atoms with van der Waals surface area (Å²) >= 11 is 0. The van der Waals surface area contributed by atoms with Crippen molar-refractivity contribution in [2.45, 2.75) is 47.6 Å². The van der Waals surface area contributed by atoms with Gasteiger partial charge in [0.1, 0.15) is 0 Å². The summed E-state index contributed by atoms with van der Waals surface area (Å²) < 4.78 is 2.19.